The maximum absolute atomic E-state index is 4.45. The van der Waals surface area contributed by atoms with Gasteiger partial charge in [-0.15, -0.1) is 0 Å². The quantitative estimate of drug-likeness (QED) is 0.891. The Morgan fingerprint density at radius 3 is 3.27 bits per heavy atom. The Kier molecular flexibility index (Phi) is 3.59. The highest BCUT2D eigenvalue weighted by molar-refractivity contribution is 9.10. The molecule has 1 saturated heterocycles. The fraction of sp³-hybridized carbons (Fsp3) is 0.545. The van der Waals surface area contributed by atoms with Crippen LogP contribution in [0.5, 0.6) is 0 Å². The third-order valence-electron chi connectivity index (χ3n) is 2.83. The molecule has 0 bridgehead atoms. The van der Waals surface area contributed by atoms with Gasteiger partial charge in [-0.3, -0.25) is 0 Å². The second-order valence-electron chi connectivity index (χ2n) is 3.77. The maximum atomic E-state index is 4.45. The molecular formula is C11H16BrN3. The van der Waals surface area contributed by atoms with Gasteiger partial charge in [0.1, 0.15) is 5.82 Å². The first kappa shape index (κ1) is 10.9. The van der Waals surface area contributed by atoms with Crippen molar-refractivity contribution in [3.8, 4) is 0 Å². The summed E-state index contributed by atoms with van der Waals surface area (Å²) in [6.07, 6.45) is 3.00. The van der Waals surface area contributed by atoms with E-state index in [1.807, 2.05) is 12.3 Å². The summed E-state index contributed by atoms with van der Waals surface area (Å²) >= 11 is 3.56. The van der Waals surface area contributed by atoms with Crippen molar-refractivity contribution in [2.75, 3.05) is 24.5 Å². The van der Waals surface area contributed by atoms with Crippen molar-refractivity contribution in [1.82, 2.24) is 10.3 Å². The highest BCUT2D eigenvalue weighted by atomic mass is 79.9. The average Bonchev–Trinajstić information content (AvgIpc) is 2.30. The van der Waals surface area contributed by atoms with Crippen molar-refractivity contribution < 1.29 is 0 Å². The van der Waals surface area contributed by atoms with E-state index in [2.05, 4.69) is 44.1 Å². The number of aromatic nitrogens is 1. The molecule has 1 N–H and O–H groups in total. The molecule has 1 atom stereocenters. The summed E-state index contributed by atoms with van der Waals surface area (Å²) in [6, 6.07) is 4.57. The molecule has 4 heteroatoms. The SMILES string of the molecule is CCC1CNCCN1c1ncccc1Br. The summed E-state index contributed by atoms with van der Waals surface area (Å²) < 4.78 is 1.09. The summed E-state index contributed by atoms with van der Waals surface area (Å²) in [5.74, 6) is 1.07. The Morgan fingerprint density at radius 1 is 1.67 bits per heavy atom. The van der Waals surface area contributed by atoms with Crippen LogP contribution in [-0.4, -0.2) is 30.7 Å². The van der Waals surface area contributed by atoms with Crippen LogP contribution >= 0.6 is 15.9 Å². The Hall–Kier alpha value is -0.610. The molecular weight excluding hydrogens is 254 g/mol. The van der Waals surface area contributed by atoms with Gasteiger partial charge in [0, 0.05) is 31.9 Å². The van der Waals surface area contributed by atoms with Gasteiger partial charge < -0.3 is 10.2 Å². The summed E-state index contributed by atoms with van der Waals surface area (Å²) in [6.45, 7) is 5.36. The molecule has 1 aliphatic rings. The van der Waals surface area contributed by atoms with E-state index < -0.39 is 0 Å². The third-order valence-corrected chi connectivity index (χ3v) is 3.45. The lowest BCUT2D eigenvalue weighted by molar-refractivity contribution is 0.462. The minimum absolute atomic E-state index is 0.560. The van der Waals surface area contributed by atoms with E-state index in [-0.39, 0.29) is 0 Å². The van der Waals surface area contributed by atoms with E-state index in [0.717, 1.165) is 36.3 Å². The first-order chi connectivity index (χ1) is 7.33. The summed E-state index contributed by atoms with van der Waals surface area (Å²) in [4.78, 5) is 6.84. The molecule has 2 heterocycles. The monoisotopic (exact) mass is 269 g/mol. The van der Waals surface area contributed by atoms with Gasteiger partial charge in [-0.05, 0) is 34.5 Å². The molecule has 0 aromatic carbocycles. The molecule has 0 aliphatic carbocycles. The Bertz CT molecular complexity index is 329. The van der Waals surface area contributed by atoms with E-state index >= 15 is 0 Å². The standard InChI is InChI=1S/C11H16BrN3/c1-2-9-8-13-6-7-15(9)11-10(12)4-3-5-14-11/h3-5,9,13H,2,6-8H2,1H3. The summed E-state index contributed by atoms with van der Waals surface area (Å²) in [7, 11) is 0. The van der Waals surface area contributed by atoms with E-state index in [9.17, 15) is 0 Å². The van der Waals surface area contributed by atoms with Crippen LogP contribution in [0.25, 0.3) is 0 Å². The number of hydrogen-bond donors (Lipinski definition) is 1. The third kappa shape index (κ3) is 2.32. The van der Waals surface area contributed by atoms with Crippen molar-refractivity contribution in [2.24, 2.45) is 0 Å². The molecule has 3 nitrogen and oxygen atoms in total. The second kappa shape index (κ2) is 4.94. The number of halogens is 1. The molecule has 82 valence electrons. The van der Waals surface area contributed by atoms with Crippen LogP contribution in [0, 0.1) is 0 Å². The number of nitrogens with zero attached hydrogens (tertiary/aromatic N) is 2. The number of piperazine rings is 1. The van der Waals surface area contributed by atoms with Gasteiger partial charge in [0.05, 0.1) is 4.47 Å². The fourth-order valence-corrected chi connectivity index (χ4v) is 2.48. The Balaban J connectivity index is 2.24. The van der Waals surface area contributed by atoms with E-state index in [1.54, 1.807) is 0 Å². The smallest absolute Gasteiger partial charge is 0.143 e. The van der Waals surface area contributed by atoms with E-state index in [1.165, 1.54) is 0 Å². The number of anilines is 1. The van der Waals surface area contributed by atoms with Crippen molar-refractivity contribution in [3.05, 3.63) is 22.8 Å². The first-order valence-electron chi connectivity index (χ1n) is 5.40. The fourth-order valence-electron chi connectivity index (χ4n) is 1.99. The lowest BCUT2D eigenvalue weighted by atomic mass is 10.1. The van der Waals surface area contributed by atoms with Crippen LogP contribution in [0.4, 0.5) is 5.82 Å². The zero-order chi connectivity index (χ0) is 10.7. The predicted octanol–water partition coefficient (Wildman–Crippen LogP) is 2.03. The van der Waals surface area contributed by atoms with E-state index in [4.69, 9.17) is 0 Å². The van der Waals surface area contributed by atoms with Crippen molar-refractivity contribution in [1.29, 1.82) is 0 Å². The van der Waals surface area contributed by atoms with E-state index in [0.29, 0.717) is 6.04 Å². The molecule has 1 fully saturated rings. The van der Waals surface area contributed by atoms with Gasteiger partial charge in [-0.2, -0.15) is 0 Å². The highest BCUT2D eigenvalue weighted by Crippen LogP contribution is 2.25. The lowest BCUT2D eigenvalue weighted by Crippen LogP contribution is -2.51. The molecule has 0 saturated carbocycles. The minimum Gasteiger partial charge on any atom is -0.350 e. The average molecular weight is 270 g/mol. The zero-order valence-electron chi connectivity index (χ0n) is 8.91. The van der Waals surface area contributed by atoms with Crippen molar-refractivity contribution in [2.45, 2.75) is 19.4 Å². The van der Waals surface area contributed by atoms with Crippen LogP contribution in [-0.2, 0) is 0 Å². The molecule has 0 spiro atoms. The van der Waals surface area contributed by atoms with Crippen molar-refractivity contribution >= 4 is 21.7 Å². The largest absolute Gasteiger partial charge is 0.350 e. The number of pyridine rings is 1. The van der Waals surface area contributed by atoms with Gasteiger partial charge in [-0.1, -0.05) is 6.92 Å². The molecule has 1 aliphatic heterocycles. The molecule has 2 rings (SSSR count). The van der Waals surface area contributed by atoms with Crippen LogP contribution in [0.15, 0.2) is 22.8 Å². The first-order valence-corrected chi connectivity index (χ1v) is 6.20. The van der Waals surface area contributed by atoms with Gasteiger partial charge in [0.25, 0.3) is 0 Å². The Morgan fingerprint density at radius 2 is 2.53 bits per heavy atom. The van der Waals surface area contributed by atoms with Crippen molar-refractivity contribution in [3.63, 3.8) is 0 Å². The van der Waals surface area contributed by atoms with Crippen LogP contribution in [0.2, 0.25) is 0 Å². The molecule has 1 unspecified atom stereocenters. The molecule has 1 aromatic rings. The second-order valence-corrected chi connectivity index (χ2v) is 4.62. The minimum atomic E-state index is 0.560. The normalized spacial score (nSPS) is 21.7. The van der Waals surface area contributed by atoms with Crippen LogP contribution in [0.3, 0.4) is 0 Å². The summed E-state index contributed by atoms with van der Waals surface area (Å²) in [5, 5.41) is 3.42. The topological polar surface area (TPSA) is 28.2 Å². The summed E-state index contributed by atoms with van der Waals surface area (Å²) in [5.41, 5.74) is 0. The molecule has 15 heavy (non-hydrogen) atoms. The van der Waals surface area contributed by atoms with Gasteiger partial charge in [0.15, 0.2) is 0 Å². The molecule has 0 amide bonds. The van der Waals surface area contributed by atoms with Crippen LogP contribution in [0.1, 0.15) is 13.3 Å². The van der Waals surface area contributed by atoms with Gasteiger partial charge in [0.2, 0.25) is 0 Å². The highest BCUT2D eigenvalue weighted by Gasteiger charge is 2.22. The Labute approximate surface area is 99.0 Å². The number of nitrogens with one attached hydrogen (secondary N) is 1. The predicted molar refractivity (Wildman–Crippen MR) is 66.2 cm³/mol. The van der Waals surface area contributed by atoms with Crippen LogP contribution < -0.4 is 10.2 Å². The molecule has 1 aromatic heterocycles. The zero-order valence-corrected chi connectivity index (χ0v) is 10.5. The van der Waals surface area contributed by atoms with Gasteiger partial charge in [-0.25, -0.2) is 4.98 Å². The maximum Gasteiger partial charge on any atom is 0.143 e. The number of rotatable bonds is 2. The lowest BCUT2D eigenvalue weighted by Gasteiger charge is -2.37. The van der Waals surface area contributed by atoms with Gasteiger partial charge >= 0.3 is 0 Å². The number of hydrogen-bond acceptors (Lipinski definition) is 3. The molecule has 0 radical (unpaired) electrons.